The van der Waals surface area contributed by atoms with Crippen molar-refractivity contribution in [2.45, 2.75) is 19.4 Å². The second kappa shape index (κ2) is 10.9. The van der Waals surface area contributed by atoms with E-state index in [1.165, 1.54) is 19.2 Å². The summed E-state index contributed by atoms with van der Waals surface area (Å²) < 4.78 is 11.4. The van der Waals surface area contributed by atoms with E-state index >= 15 is 0 Å². The number of carbonyl (C=O) groups excluding carboxylic acids is 2. The normalized spacial score (nSPS) is 11.5. The first-order valence-corrected chi connectivity index (χ1v) is 11.2. The average molecular weight is 537 g/mol. The Labute approximate surface area is 204 Å². The van der Waals surface area contributed by atoms with Gasteiger partial charge in [0, 0.05) is 5.02 Å². The van der Waals surface area contributed by atoms with E-state index in [4.69, 9.17) is 32.7 Å². The number of hydrogen-bond donors (Lipinski definition) is 1. The van der Waals surface area contributed by atoms with Crippen LogP contribution in [-0.2, 0) is 16.1 Å². The SMILES string of the molecule is COC(=O)c1c(Cl)cc(Cl)cc1NC(=O)C(C)c1ccc(OCc2ccccc2)c(Br)c1. The number of amides is 1. The highest BCUT2D eigenvalue weighted by Gasteiger charge is 2.22. The Morgan fingerprint density at radius 1 is 1.06 bits per heavy atom. The minimum Gasteiger partial charge on any atom is -0.488 e. The quantitative estimate of drug-likeness (QED) is 0.335. The molecule has 0 heterocycles. The maximum atomic E-state index is 12.9. The Kier molecular flexibility index (Phi) is 8.18. The number of rotatable bonds is 7. The number of anilines is 1. The number of nitrogens with one attached hydrogen (secondary N) is 1. The highest BCUT2D eigenvalue weighted by molar-refractivity contribution is 9.10. The summed E-state index contributed by atoms with van der Waals surface area (Å²) in [4.78, 5) is 25.0. The molecule has 1 unspecified atom stereocenters. The van der Waals surface area contributed by atoms with E-state index in [-0.39, 0.29) is 27.2 Å². The van der Waals surface area contributed by atoms with Crippen molar-refractivity contribution in [3.8, 4) is 5.75 Å². The van der Waals surface area contributed by atoms with Gasteiger partial charge in [-0.25, -0.2) is 4.79 Å². The minimum atomic E-state index is -0.669. The molecule has 0 bridgehead atoms. The predicted molar refractivity (Wildman–Crippen MR) is 130 cm³/mol. The van der Waals surface area contributed by atoms with Crippen molar-refractivity contribution >= 4 is 56.7 Å². The smallest absolute Gasteiger partial charge is 0.341 e. The third-order valence-corrected chi connectivity index (χ3v) is 5.92. The fraction of sp³-hybridized carbons (Fsp3) is 0.167. The van der Waals surface area contributed by atoms with Gasteiger partial charge in [0.05, 0.1) is 28.2 Å². The molecule has 0 aliphatic rings. The molecule has 5 nitrogen and oxygen atoms in total. The predicted octanol–water partition coefficient (Wildman–Crippen LogP) is 6.86. The van der Waals surface area contributed by atoms with E-state index in [2.05, 4.69) is 21.2 Å². The second-order valence-corrected chi connectivity index (χ2v) is 8.67. The van der Waals surface area contributed by atoms with Crippen LogP contribution in [0.3, 0.4) is 0 Å². The molecule has 1 amide bonds. The molecule has 166 valence electrons. The zero-order valence-electron chi connectivity index (χ0n) is 17.3. The summed E-state index contributed by atoms with van der Waals surface area (Å²) in [5, 5.41) is 3.11. The Morgan fingerprint density at radius 2 is 1.78 bits per heavy atom. The Hall–Kier alpha value is -2.54. The summed E-state index contributed by atoms with van der Waals surface area (Å²) in [5.74, 6) is -0.867. The Morgan fingerprint density at radius 3 is 2.44 bits per heavy atom. The third-order valence-electron chi connectivity index (χ3n) is 4.79. The highest BCUT2D eigenvalue weighted by Crippen LogP contribution is 2.33. The van der Waals surface area contributed by atoms with Crippen LogP contribution in [0.1, 0.15) is 34.3 Å². The lowest BCUT2D eigenvalue weighted by atomic mass is 10.00. The summed E-state index contributed by atoms with van der Waals surface area (Å²) in [5.41, 5.74) is 2.05. The molecule has 0 saturated heterocycles. The van der Waals surface area contributed by atoms with Crippen LogP contribution in [0.4, 0.5) is 5.69 Å². The van der Waals surface area contributed by atoms with Gasteiger partial charge in [-0.1, -0.05) is 59.6 Å². The molecule has 3 rings (SSSR count). The van der Waals surface area contributed by atoms with Crippen LogP contribution in [0, 0.1) is 0 Å². The van der Waals surface area contributed by atoms with Gasteiger partial charge in [0.15, 0.2) is 0 Å². The standard InChI is InChI=1S/C24H20BrCl2NO4/c1-14(23(29)28-20-12-17(26)11-19(27)22(20)24(30)31-2)16-8-9-21(18(25)10-16)32-13-15-6-4-3-5-7-15/h3-12,14H,13H2,1-2H3,(H,28,29). The zero-order chi connectivity index (χ0) is 23.3. The number of methoxy groups -OCH3 is 1. The van der Waals surface area contributed by atoms with Crippen molar-refractivity contribution in [3.05, 3.63) is 91.9 Å². The van der Waals surface area contributed by atoms with Gasteiger partial charge in [-0.2, -0.15) is 0 Å². The van der Waals surface area contributed by atoms with Crippen molar-refractivity contribution in [1.29, 1.82) is 0 Å². The number of hydrogen-bond acceptors (Lipinski definition) is 4. The Balaban J connectivity index is 1.75. The molecule has 0 spiro atoms. The van der Waals surface area contributed by atoms with E-state index in [0.717, 1.165) is 15.6 Å². The third kappa shape index (κ3) is 5.82. The van der Waals surface area contributed by atoms with Gasteiger partial charge in [0.25, 0.3) is 0 Å². The van der Waals surface area contributed by atoms with E-state index in [0.29, 0.717) is 12.4 Å². The summed E-state index contributed by atoms with van der Waals surface area (Å²) in [6.45, 7) is 2.19. The molecule has 3 aromatic rings. The van der Waals surface area contributed by atoms with Crippen molar-refractivity contribution in [1.82, 2.24) is 0 Å². The van der Waals surface area contributed by atoms with Gasteiger partial charge < -0.3 is 14.8 Å². The number of benzene rings is 3. The van der Waals surface area contributed by atoms with Crippen LogP contribution in [0.5, 0.6) is 5.75 Å². The molecule has 0 aliphatic heterocycles. The first kappa shape index (κ1) is 24.1. The molecule has 32 heavy (non-hydrogen) atoms. The topological polar surface area (TPSA) is 64.6 Å². The van der Waals surface area contributed by atoms with E-state index < -0.39 is 11.9 Å². The lowest BCUT2D eigenvalue weighted by Gasteiger charge is -2.17. The first-order valence-electron chi connectivity index (χ1n) is 9.64. The monoisotopic (exact) mass is 535 g/mol. The number of ether oxygens (including phenoxy) is 2. The second-order valence-electron chi connectivity index (χ2n) is 6.98. The molecule has 0 aliphatic carbocycles. The lowest BCUT2D eigenvalue weighted by Crippen LogP contribution is -2.21. The van der Waals surface area contributed by atoms with Crippen molar-refractivity contribution < 1.29 is 19.1 Å². The van der Waals surface area contributed by atoms with Crippen molar-refractivity contribution in [2.24, 2.45) is 0 Å². The largest absolute Gasteiger partial charge is 0.488 e. The molecule has 3 aromatic carbocycles. The number of esters is 1. The van der Waals surface area contributed by atoms with E-state index in [1.54, 1.807) is 6.92 Å². The zero-order valence-corrected chi connectivity index (χ0v) is 20.4. The van der Waals surface area contributed by atoms with Gasteiger partial charge in [0.1, 0.15) is 17.9 Å². The van der Waals surface area contributed by atoms with Crippen LogP contribution < -0.4 is 10.1 Å². The molecule has 0 radical (unpaired) electrons. The molecular formula is C24H20BrCl2NO4. The van der Waals surface area contributed by atoms with E-state index in [1.807, 2.05) is 48.5 Å². The van der Waals surface area contributed by atoms with Crippen LogP contribution in [0.2, 0.25) is 10.0 Å². The minimum absolute atomic E-state index is 0.0463. The maximum Gasteiger partial charge on any atom is 0.341 e. The number of carbonyl (C=O) groups is 2. The molecule has 0 fully saturated rings. The van der Waals surface area contributed by atoms with Gasteiger partial charge in [-0.15, -0.1) is 0 Å². The van der Waals surface area contributed by atoms with Gasteiger partial charge >= 0.3 is 5.97 Å². The molecule has 1 atom stereocenters. The van der Waals surface area contributed by atoms with Crippen molar-refractivity contribution in [2.75, 3.05) is 12.4 Å². The van der Waals surface area contributed by atoms with Crippen LogP contribution in [0.15, 0.2) is 65.1 Å². The van der Waals surface area contributed by atoms with Crippen LogP contribution in [-0.4, -0.2) is 19.0 Å². The molecule has 0 aromatic heterocycles. The molecule has 0 saturated carbocycles. The fourth-order valence-electron chi connectivity index (χ4n) is 3.01. The van der Waals surface area contributed by atoms with Gasteiger partial charge in [0.2, 0.25) is 5.91 Å². The van der Waals surface area contributed by atoms with Crippen LogP contribution >= 0.6 is 39.1 Å². The molecule has 1 N–H and O–H groups in total. The maximum absolute atomic E-state index is 12.9. The summed E-state index contributed by atoms with van der Waals surface area (Å²) in [6.07, 6.45) is 0. The summed E-state index contributed by atoms with van der Waals surface area (Å²) in [6, 6.07) is 18.2. The number of halogens is 3. The van der Waals surface area contributed by atoms with Crippen molar-refractivity contribution in [3.63, 3.8) is 0 Å². The fourth-order valence-corrected chi connectivity index (χ4v) is 4.09. The van der Waals surface area contributed by atoms with E-state index in [9.17, 15) is 9.59 Å². The molecular weight excluding hydrogens is 517 g/mol. The Bertz CT molecular complexity index is 1140. The van der Waals surface area contributed by atoms with Gasteiger partial charge in [-0.3, -0.25) is 4.79 Å². The van der Waals surface area contributed by atoms with Gasteiger partial charge in [-0.05, 0) is 58.2 Å². The first-order chi connectivity index (χ1) is 15.3. The highest BCUT2D eigenvalue weighted by atomic mass is 79.9. The summed E-state index contributed by atoms with van der Waals surface area (Å²) in [7, 11) is 1.24. The lowest BCUT2D eigenvalue weighted by molar-refractivity contribution is -0.117. The summed E-state index contributed by atoms with van der Waals surface area (Å²) >= 11 is 15.7. The van der Waals surface area contributed by atoms with Crippen LogP contribution in [0.25, 0.3) is 0 Å². The average Bonchev–Trinajstić information content (AvgIpc) is 2.77. The molecule has 8 heteroatoms.